The number of nitrogens with two attached hydrogens (primary N) is 1. The highest BCUT2D eigenvalue weighted by molar-refractivity contribution is 7.09. The Hall–Kier alpha value is -2.52. The molecule has 1 heterocycles. The number of carbonyl (C=O) groups is 1. The van der Waals surface area contributed by atoms with Crippen LogP contribution in [0, 0.1) is 10.1 Å². The number of nitrogen functional groups attached to an aromatic ring is 1. The molecule has 9 heteroatoms. The Kier molecular flexibility index (Phi) is 4.80. The van der Waals surface area contributed by atoms with Gasteiger partial charge in [-0.25, -0.2) is 4.98 Å². The van der Waals surface area contributed by atoms with Crippen molar-refractivity contribution in [1.82, 2.24) is 10.3 Å². The van der Waals surface area contributed by atoms with E-state index >= 15 is 0 Å². The molecule has 1 aromatic carbocycles. The van der Waals surface area contributed by atoms with Gasteiger partial charge in [0.05, 0.1) is 15.5 Å². The van der Waals surface area contributed by atoms with Gasteiger partial charge in [-0.3, -0.25) is 20.8 Å². The lowest BCUT2D eigenvalue weighted by Crippen LogP contribution is -2.27. The van der Waals surface area contributed by atoms with Crippen LogP contribution in [0.3, 0.4) is 0 Å². The summed E-state index contributed by atoms with van der Waals surface area (Å²) < 4.78 is 0. The van der Waals surface area contributed by atoms with Crippen molar-refractivity contribution < 1.29 is 9.72 Å². The van der Waals surface area contributed by atoms with Crippen molar-refractivity contribution in [3.8, 4) is 0 Å². The molecule has 0 bridgehead atoms. The summed E-state index contributed by atoms with van der Waals surface area (Å²) in [5, 5.41) is 16.3. The predicted octanol–water partition coefficient (Wildman–Crippen LogP) is 1.31. The Labute approximate surface area is 124 Å². The van der Waals surface area contributed by atoms with E-state index in [1.807, 2.05) is 5.38 Å². The maximum Gasteiger partial charge on any atom is 0.294 e. The molecule has 0 unspecified atom stereocenters. The third-order valence-electron chi connectivity index (χ3n) is 2.74. The fourth-order valence-electron chi connectivity index (χ4n) is 1.79. The quantitative estimate of drug-likeness (QED) is 0.420. The first-order valence-electron chi connectivity index (χ1n) is 6.04. The van der Waals surface area contributed by atoms with Gasteiger partial charge in [0.2, 0.25) is 0 Å². The molecule has 0 atom stereocenters. The average Bonchev–Trinajstić information content (AvgIpc) is 2.99. The molecule has 0 spiro atoms. The van der Waals surface area contributed by atoms with E-state index in [4.69, 9.17) is 5.84 Å². The van der Waals surface area contributed by atoms with Gasteiger partial charge in [0, 0.05) is 30.6 Å². The summed E-state index contributed by atoms with van der Waals surface area (Å²) in [5.41, 5.74) is 2.10. The number of rotatable bonds is 6. The zero-order chi connectivity index (χ0) is 15.2. The lowest BCUT2D eigenvalue weighted by Gasteiger charge is -2.09. The first-order chi connectivity index (χ1) is 10.1. The third-order valence-corrected chi connectivity index (χ3v) is 3.58. The van der Waals surface area contributed by atoms with Crippen molar-refractivity contribution in [2.45, 2.75) is 6.42 Å². The number of hydrogen-bond donors (Lipinski definition) is 3. The van der Waals surface area contributed by atoms with Gasteiger partial charge in [-0.05, 0) is 6.07 Å². The summed E-state index contributed by atoms with van der Waals surface area (Å²) >= 11 is 1.50. The third kappa shape index (κ3) is 3.52. The van der Waals surface area contributed by atoms with E-state index in [9.17, 15) is 14.9 Å². The predicted molar refractivity (Wildman–Crippen MR) is 79.1 cm³/mol. The Morgan fingerprint density at radius 2 is 2.29 bits per heavy atom. The molecule has 0 fully saturated rings. The number of hydrogen-bond acceptors (Lipinski definition) is 7. The Morgan fingerprint density at radius 3 is 2.90 bits per heavy atom. The Bertz CT molecular complexity index is 644. The van der Waals surface area contributed by atoms with Gasteiger partial charge in [-0.1, -0.05) is 6.07 Å². The second kappa shape index (κ2) is 6.77. The maximum absolute atomic E-state index is 12.1. The summed E-state index contributed by atoms with van der Waals surface area (Å²) in [4.78, 5) is 26.5. The molecule has 4 N–H and O–H groups in total. The van der Waals surface area contributed by atoms with Crippen molar-refractivity contribution >= 4 is 28.6 Å². The lowest BCUT2D eigenvalue weighted by molar-refractivity contribution is -0.384. The van der Waals surface area contributed by atoms with Crippen LogP contribution in [0.2, 0.25) is 0 Å². The Morgan fingerprint density at radius 1 is 1.48 bits per heavy atom. The molecule has 2 rings (SSSR count). The molecular weight excluding hydrogens is 294 g/mol. The van der Waals surface area contributed by atoms with E-state index < -0.39 is 10.8 Å². The highest BCUT2D eigenvalue weighted by atomic mass is 32.1. The van der Waals surface area contributed by atoms with Gasteiger partial charge in [0.15, 0.2) is 0 Å². The van der Waals surface area contributed by atoms with Gasteiger partial charge in [0.25, 0.3) is 11.6 Å². The van der Waals surface area contributed by atoms with Gasteiger partial charge >= 0.3 is 0 Å². The van der Waals surface area contributed by atoms with Crippen LogP contribution >= 0.6 is 11.3 Å². The first-order valence-corrected chi connectivity index (χ1v) is 6.92. The number of aromatic nitrogens is 1. The Balaban J connectivity index is 2.08. The summed E-state index contributed by atoms with van der Waals surface area (Å²) in [6.45, 7) is 0.388. The molecule has 0 radical (unpaired) electrons. The van der Waals surface area contributed by atoms with Crippen LogP contribution in [0.4, 0.5) is 11.4 Å². The van der Waals surface area contributed by atoms with Crippen molar-refractivity contribution in [3.05, 3.63) is 50.5 Å². The number of hydrazine groups is 1. The number of benzene rings is 1. The van der Waals surface area contributed by atoms with Crippen LogP contribution in [-0.4, -0.2) is 22.4 Å². The number of nitrogens with one attached hydrogen (secondary N) is 2. The lowest BCUT2D eigenvalue weighted by atomic mass is 10.1. The molecule has 0 saturated heterocycles. The van der Waals surface area contributed by atoms with Crippen molar-refractivity contribution in [2.24, 2.45) is 5.84 Å². The molecule has 21 heavy (non-hydrogen) atoms. The maximum atomic E-state index is 12.1. The zero-order valence-corrected chi connectivity index (χ0v) is 11.7. The summed E-state index contributed by atoms with van der Waals surface area (Å²) in [5.74, 6) is 4.86. The van der Waals surface area contributed by atoms with Crippen LogP contribution in [0.25, 0.3) is 0 Å². The minimum Gasteiger partial charge on any atom is -0.352 e. The number of carbonyl (C=O) groups excluding carboxylic acids is 1. The molecular formula is C12H13N5O3S. The van der Waals surface area contributed by atoms with Crippen molar-refractivity contribution in [1.29, 1.82) is 0 Å². The van der Waals surface area contributed by atoms with E-state index in [2.05, 4.69) is 15.7 Å². The number of nitrogens with zero attached hydrogens (tertiary/aromatic N) is 2. The van der Waals surface area contributed by atoms with Gasteiger partial charge in [-0.15, -0.1) is 11.3 Å². The number of nitro benzene ring substituents is 1. The van der Waals surface area contributed by atoms with Crippen LogP contribution in [0.5, 0.6) is 0 Å². The van der Waals surface area contributed by atoms with Crippen molar-refractivity contribution in [2.75, 3.05) is 12.0 Å². The molecule has 0 saturated carbocycles. The van der Waals surface area contributed by atoms with Gasteiger partial charge in [0.1, 0.15) is 5.69 Å². The smallest absolute Gasteiger partial charge is 0.294 e. The number of thiazole rings is 1. The highest BCUT2D eigenvalue weighted by Gasteiger charge is 2.20. The fourth-order valence-corrected chi connectivity index (χ4v) is 2.41. The zero-order valence-electron chi connectivity index (χ0n) is 10.9. The van der Waals surface area contributed by atoms with Crippen LogP contribution in [0.1, 0.15) is 15.4 Å². The van der Waals surface area contributed by atoms with Gasteiger partial charge < -0.3 is 10.7 Å². The van der Waals surface area contributed by atoms with E-state index in [0.717, 1.165) is 5.01 Å². The average molecular weight is 307 g/mol. The monoisotopic (exact) mass is 307 g/mol. The number of anilines is 1. The highest BCUT2D eigenvalue weighted by Crippen LogP contribution is 2.27. The van der Waals surface area contributed by atoms with E-state index in [1.54, 1.807) is 6.20 Å². The van der Waals surface area contributed by atoms with Crippen LogP contribution in [0.15, 0.2) is 29.8 Å². The molecule has 2 aromatic rings. The normalized spacial score (nSPS) is 10.1. The second-order valence-electron chi connectivity index (χ2n) is 4.03. The minimum atomic E-state index is -0.596. The van der Waals surface area contributed by atoms with E-state index in [0.29, 0.717) is 13.0 Å². The SMILES string of the molecule is NNc1c(C(=O)NCCc2nccs2)cccc1[N+](=O)[O-]. The summed E-state index contributed by atoms with van der Waals surface area (Å²) in [6, 6.07) is 4.19. The molecule has 1 aromatic heterocycles. The topological polar surface area (TPSA) is 123 Å². The molecule has 0 aliphatic carbocycles. The number of para-hydroxylation sites is 1. The van der Waals surface area contributed by atoms with Gasteiger partial charge in [-0.2, -0.15) is 0 Å². The van der Waals surface area contributed by atoms with Crippen molar-refractivity contribution in [3.63, 3.8) is 0 Å². The summed E-state index contributed by atoms with van der Waals surface area (Å²) in [6.07, 6.45) is 2.29. The molecule has 0 aliphatic heterocycles. The minimum absolute atomic E-state index is 0.00533. The number of nitro groups is 1. The second-order valence-corrected chi connectivity index (χ2v) is 5.01. The van der Waals surface area contributed by atoms with E-state index in [-0.39, 0.29) is 16.9 Å². The first kappa shape index (κ1) is 14.9. The fraction of sp³-hybridized carbons (Fsp3) is 0.167. The largest absolute Gasteiger partial charge is 0.352 e. The van der Waals surface area contributed by atoms with E-state index in [1.165, 1.54) is 29.5 Å². The molecule has 110 valence electrons. The molecule has 0 aliphatic rings. The van der Waals surface area contributed by atoms with Crippen LogP contribution in [-0.2, 0) is 6.42 Å². The molecule has 8 nitrogen and oxygen atoms in total. The summed E-state index contributed by atoms with van der Waals surface area (Å²) in [7, 11) is 0. The van der Waals surface area contributed by atoms with Crippen LogP contribution < -0.4 is 16.6 Å². The number of amides is 1. The standard InChI is InChI=1S/C12H13N5O3S/c13-16-11-8(2-1-3-9(11)17(19)20)12(18)15-5-4-10-14-6-7-21-10/h1-3,6-7,16H,4-5,13H2,(H,15,18). The molecule has 1 amide bonds.